The predicted octanol–water partition coefficient (Wildman–Crippen LogP) is 1.60. The van der Waals surface area contributed by atoms with E-state index in [4.69, 9.17) is 9.84 Å². The number of carboxylic acids is 1. The van der Waals surface area contributed by atoms with Crippen molar-refractivity contribution in [1.82, 2.24) is 0 Å². The zero-order valence-corrected chi connectivity index (χ0v) is 7.79. The lowest BCUT2D eigenvalue weighted by atomic mass is 10.1. The number of ether oxygens (including phenoxy) is 1. The minimum Gasteiger partial charge on any atom is -0.481 e. The molecule has 1 aromatic carbocycles. The van der Waals surface area contributed by atoms with Crippen LogP contribution in [0.3, 0.4) is 0 Å². The maximum absolute atomic E-state index is 13.0. The Bertz CT molecular complexity index is 336. The third-order valence-electron chi connectivity index (χ3n) is 1.68. The summed E-state index contributed by atoms with van der Waals surface area (Å²) >= 11 is 0. The molecule has 0 saturated carbocycles. The van der Waals surface area contributed by atoms with Crippen molar-refractivity contribution in [3.8, 4) is 0 Å². The zero-order valence-electron chi connectivity index (χ0n) is 7.79. The molecule has 0 fully saturated rings. The van der Waals surface area contributed by atoms with Crippen LogP contribution in [0.25, 0.3) is 0 Å². The van der Waals surface area contributed by atoms with E-state index in [0.717, 1.165) is 0 Å². The number of benzene rings is 1. The molecule has 0 saturated heterocycles. The fraction of sp³-hybridized carbons (Fsp3) is 0.300. The van der Waals surface area contributed by atoms with E-state index in [9.17, 15) is 9.18 Å². The first-order chi connectivity index (χ1) is 6.61. The molecule has 1 aromatic rings. The minimum absolute atomic E-state index is 0.172. The Morgan fingerprint density at radius 1 is 1.43 bits per heavy atom. The van der Waals surface area contributed by atoms with Gasteiger partial charge in [0.1, 0.15) is 5.82 Å². The summed E-state index contributed by atoms with van der Waals surface area (Å²) < 4.78 is 17.8. The second kappa shape index (κ2) is 4.72. The van der Waals surface area contributed by atoms with Crippen LogP contribution in [-0.2, 0) is 22.6 Å². The lowest BCUT2D eigenvalue weighted by Gasteiger charge is -2.03. The van der Waals surface area contributed by atoms with Crippen LogP contribution in [0, 0.1) is 5.82 Å². The van der Waals surface area contributed by atoms with Gasteiger partial charge in [-0.2, -0.15) is 0 Å². The quantitative estimate of drug-likeness (QED) is 0.799. The first-order valence-electron chi connectivity index (χ1n) is 4.11. The molecule has 1 N–H and O–H groups in total. The van der Waals surface area contributed by atoms with E-state index < -0.39 is 11.8 Å². The molecule has 3 nitrogen and oxygen atoms in total. The average molecular weight is 198 g/mol. The molecule has 0 aliphatic carbocycles. The molecule has 0 atom stereocenters. The standard InChI is InChI=1S/C10H11FO3/c1-14-6-8-2-7(5-10(12)13)3-9(11)4-8/h2-4H,5-6H2,1H3,(H,12,13). The summed E-state index contributed by atoms with van der Waals surface area (Å²) in [5, 5.41) is 8.52. The molecule has 0 spiro atoms. The predicted molar refractivity (Wildman–Crippen MR) is 48.5 cm³/mol. The van der Waals surface area contributed by atoms with Crippen molar-refractivity contribution in [2.75, 3.05) is 7.11 Å². The van der Waals surface area contributed by atoms with E-state index in [1.165, 1.54) is 19.2 Å². The topological polar surface area (TPSA) is 46.5 Å². The molecule has 0 heterocycles. The third kappa shape index (κ3) is 3.14. The van der Waals surface area contributed by atoms with Crippen LogP contribution in [0.5, 0.6) is 0 Å². The van der Waals surface area contributed by atoms with Gasteiger partial charge in [-0.05, 0) is 23.3 Å². The van der Waals surface area contributed by atoms with Crippen LogP contribution >= 0.6 is 0 Å². The highest BCUT2D eigenvalue weighted by atomic mass is 19.1. The lowest BCUT2D eigenvalue weighted by molar-refractivity contribution is -0.136. The van der Waals surface area contributed by atoms with Gasteiger partial charge < -0.3 is 9.84 Å². The highest BCUT2D eigenvalue weighted by Crippen LogP contribution is 2.10. The Morgan fingerprint density at radius 3 is 2.64 bits per heavy atom. The largest absolute Gasteiger partial charge is 0.481 e. The van der Waals surface area contributed by atoms with Crippen LogP contribution < -0.4 is 0 Å². The van der Waals surface area contributed by atoms with Crippen molar-refractivity contribution in [3.05, 3.63) is 35.1 Å². The lowest BCUT2D eigenvalue weighted by Crippen LogP contribution is -2.01. The van der Waals surface area contributed by atoms with E-state index >= 15 is 0 Å². The molecule has 76 valence electrons. The van der Waals surface area contributed by atoms with Crippen molar-refractivity contribution in [2.24, 2.45) is 0 Å². The molecule has 0 bridgehead atoms. The van der Waals surface area contributed by atoms with Crippen molar-refractivity contribution >= 4 is 5.97 Å². The van der Waals surface area contributed by atoms with Crippen LogP contribution in [0.2, 0.25) is 0 Å². The molecule has 0 aromatic heterocycles. The first kappa shape index (κ1) is 10.7. The van der Waals surface area contributed by atoms with Crippen LogP contribution in [-0.4, -0.2) is 18.2 Å². The summed E-state index contributed by atoms with van der Waals surface area (Å²) in [5.41, 5.74) is 1.09. The molecule has 0 aliphatic rings. The number of rotatable bonds is 4. The molecule has 14 heavy (non-hydrogen) atoms. The van der Waals surface area contributed by atoms with Gasteiger partial charge in [0.25, 0.3) is 0 Å². The number of carboxylic acid groups (broad SMARTS) is 1. The first-order valence-corrected chi connectivity index (χ1v) is 4.11. The van der Waals surface area contributed by atoms with E-state index in [2.05, 4.69) is 0 Å². The fourth-order valence-electron chi connectivity index (χ4n) is 1.24. The zero-order chi connectivity index (χ0) is 10.6. The number of halogens is 1. The van der Waals surface area contributed by atoms with Crippen molar-refractivity contribution in [3.63, 3.8) is 0 Å². The van der Waals surface area contributed by atoms with E-state index in [0.29, 0.717) is 11.1 Å². The number of methoxy groups -OCH3 is 1. The molecule has 0 amide bonds. The van der Waals surface area contributed by atoms with Gasteiger partial charge in [-0.15, -0.1) is 0 Å². The Hall–Kier alpha value is -1.42. The molecular weight excluding hydrogens is 187 g/mol. The van der Waals surface area contributed by atoms with E-state index in [-0.39, 0.29) is 13.0 Å². The highest BCUT2D eigenvalue weighted by molar-refractivity contribution is 5.70. The smallest absolute Gasteiger partial charge is 0.307 e. The number of carbonyl (C=O) groups is 1. The summed E-state index contributed by atoms with van der Waals surface area (Å²) in [7, 11) is 1.50. The summed E-state index contributed by atoms with van der Waals surface area (Å²) in [4.78, 5) is 10.4. The molecule has 0 aliphatic heterocycles. The SMILES string of the molecule is COCc1cc(F)cc(CC(=O)O)c1. The van der Waals surface area contributed by atoms with E-state index in [1.54, 1.807) is 6.07 Å². The molecule has 0 unspecified atom stereocenters. The maximum atomic E-state index is 13.0. The van der Waals surface area contributed by atoms with Crippen LogP contribution in [0.4, 0.5) is 4.39 Å². The molecule has 1 rings (SSSR count). The van der Waals surface area contributed by atoms with Gasteiger partial charge >= 0.3 is 5.97 Å². The van der Waals surface area contributed by atoms with Gasteiger partial charge in [-0.3, -0.25) is 4.79 Å². The Morgan fingerprint density at radius 2 is 2.07 bits per heavy atom. The average Bonchev–Trinajstić information content (AvgIpc) is 2.01. The summed E-state index contributed by atoms with van der Waals surface area (Å²) in [6.45, 7) is 0.282. The third-order valence-corrected chi connectivity index (χ3v) is 1.68. The summed E-state index contributed by atoms with van der Waals surface area (Å²) in [5.74, 6) is -1.41. The van der Waals surface area contributed by atoms with Gasteiger partial charge in [0.15, 0.2) is 0 Å². The highest BCUT2D eigenvalue weighted by Gasteiger charge is 2.04. The van der Waals surface area contributed by atoms with Gasteiger partial charge in [0, 0.05) is 7.11 Å². The van der Waals surface area contributed by atoms with E-state index in [1.807, 2.05) is 0 Å². The van der Waals surface area contributed by atoms with Gasteiger partial charge in [-0.1, -0.05) is 6.07 Å². The van der Waals surface area contributed by atoms with Gasteiger partial charge in [-0.25, -0.2) is 4.39 Å². The summed E-state index contributed by atoms with van der Waals surface area (Å²) in [6, 6.07) is 4.17. The Kier molecular flexibility index (Phi) is 3.59. The Labute approximate surface area is 81.1 Å². The second-order valence-electron chi connectivity index (χ2n) is 2.97. The molecule has 4 heteroatoms. The minimum atomic E-state index is -0.973. The number of hydrogen-bond acceptors (Lipinski definition) is 2. The van der Waals surface area contributed by atoms with Crippen LogP contribution in [0.1, 0.15) is 11.1 Å². The number of hydrogen-bond donors (Lipinski definition) is 1. The maximum Gasteiger partial charge on any atom is 0.307 e. The van der Waals surface area contributed by atoms with Crippen LogP contribution in [0.15, 0.2) is 18.2 Å². The fourth-order valence-corrected chi connectivity index (χ4v) is 1.24. The summed E-state index contributed by atoms with van der Waals surface area (Å²) in [6.07, 6.45) is -0.172. The van der Waals surface area contributed by atoms with Crippen molar-refractivity contribution < 1.29 is 19.0 Å². The number of aliphatic carboxylic acids is 1. The molecular formula is C10H11FO3. The second-order valence-corrected chi connectivity index (χ2v) is 2.97. The Balaban J connectivity index is 2.88. The van der Waals surface area contributed by atoms with Crippen molar-refractivity contribution in [1.29, 1.82) is 0 Å². The van der Waals surface area contributed by atoms with Crippen molar-refractivity contribution in [2.45, 2.75) is 13.0 Å². The molecule has 0 radical (unpaired) electrons. The van der Waals surface area contributed by atoms with Gasteiger partial charge in [0.05, 0.1) is 13.0 Å². The van der Waals surface area contributed by atoms with Gasteiger partial charge in [0.2, 0.25) is 0 Å². The normalized spacial score (nSPS) is 10.1. The monoisotopic (exact) mass is 198 g/mol.